The molecule has 0 unspecified atom stereocenters. The zero-order valence-corrected chi connectivity index (χ0v) is 9.72. The van der Waals surface area contributed by atoms with Crippen molar-refractivity contribution < 1.29 is 22.7 Å². The number of alkyl halides is 2. The maximum Gasteiger partial charge on any atom is 0.387 e. The third-order valence-corrected chi connectivity index (χ3v) is 2.40. The summed E-state index contributed by atoms with van der Waals surface area (Å²) in [5, 5.41) is 0. The third kappa shape index (κ3) is 3.08. The first-order valence-corrected chi connectivity index (χ1v) is 4.94. The van der Waals surface area contributed by atoms with Crippen LogP contribution < -0.4 is 4.74 Å². The number of carbonyl (C=O) groups excluding carboxylic acids is 1. The van der Waals surface area contributed by atoms with Crippen molar-refractivity contribution in [2.24, 2.45) is 0 Å². The van der Waals surface area contributed by atoms with Gasteiger partial charge in [0, 0.05) is 0 Å². The number of Topliss-reactive ketones (excluding diaryl/α,β-unsaturated/α-hetero) is 1. The molecular weight excluding hydrogens is 324 g/mol. The van der Waals surface area contributed by atoms with Gasteiger partial charge in [-0.2, -0.15) is 8.78 Å². The molecule has 2 nitrogen and oxygen atoms in total. The number of hydrogen-bond donors (Lipinski definition) is 0. The molecule has 0 aliphatic heterocycles. The highest BCUT2D eigenvalue weighted by Gasteiger charge is 2.17. The molecule has 1 aromatic carbocycles. The average Bonchev–Trinajstić information content (AvgIpc) is 2.08. The van der Waals surface area contributed by atoms with Crippen molar-refractivity contribution in [2.75, 3.05) is 0 Å². The number of hydrogen-bond acceptors (Lipinski definition) is 2. The van der Waals surface area contributed by atoms with E-state index in [1.807, 2.05) is 0 Å². The summed E-state index contributed by atoms with van der Waals surface area (Å²) in [5.41, 5.74) is -0.181. The molecule has 1 aromatic rings. The van der Waals surface area contributed by atoms with E-state index in [1.165, 1.54) is 0 Å². The van der Waals surface area contributed by atoms with Crippen molar-refractivity contribution in [3.63, 3.8) is 0 Å². The van der Waals surface area contributed by atoms with Gasteiger partial charge in [0.15, 0.2) is 5.78 Å². The number of ether oxygens (including phenoxy) is 1. The van der Waals surface area contributed by atoms with Crippen LogP contribution >= 0.6 is 22.6 Å². The van der Waals surface area contributed by atoms with Crippen molar-refractivity contribution in [3.8, 4) is 5.75 Å². The van der Waals surface area contributed by atoms with E-state index in [2.05, 4.69) is 4.74 Å². The van der Waals surface area contributed by atoms with Gasteiger partial charge in [0.05, 0.1) is 9.13 Å². The monoisotopic (exact) mass is 330 g/mol. The Hall–Kier alpha value is -0.790. The van der Waals surface area contributed by atoms with Crippen LogP contribution in [0.1, 0.15) is 17.3 Å². The molecule has 0 fully saturated rings. The number of carbonyl (C=O) groups is 1. The summed E-state index contributed by atoms with van der Waals surface area (Å²) in [6.45, 7) is -1.88. The van der Waals surface area contributed by atoms with Crippen LogP contribution in [0.25, 0.3) is 0 Å². The van der Waals surface area contributed by atoms with Crippen molar-refractivity contribution in [3.05, 3.63) is 27.1 Å². The van der Waals surface area contributed by atoms with Gasteiger partial charge in [0.2, 0.25) is 0 Å². The summed E-state index contributed by atoms with van der Waals surface area (Å²) in [6.07, 6.45) is 0. The average molecular weight is 330 g/mol. The molecule has 15 heavy (non-hydrogen) atoms. The fourth-order valence-electron chi connectivity index (χ4n) is 1.03. The second-order valence-electron chi connectivity index (χ2n) is 2.70. The van der Waals surface area contributed by atoms with Gasteiger partial charge >= 0.3 is 6.61 Å². The van der Waals surface area contributed by atoms with Gasteiger partial charge < -0.3 is 4.74 Å². The van der Waals surface area contributed by atoms with E-state index in [9.17, 15) is 18.0 Å². The molecule has 0 atom stereocenters. The smallest absolute Gasteiger partial charge is 0.387 e. The SMILES string of the molecule is CC(=O)c1cc(F)cc(I)c1OC(F)F. The zero-order valence-electron chi connectivity index (χ0n) is 7.56. The van der Waals surface area contributed by atoms with Crippen LogP contribution in [0.4, 0.5) is 13.2 Å². The highest BCUT2D eigenvalue weighted by atomic mass is 127. The molecular formula is C9H6F3IO2. The Morgan fingerprint density at radius 3 is 2.53 bits per heavy atom. The first-order chi connectivity index (χ1) is 6.91. The van der Waals surface area contributed by atoms with Crippen molar-refractivity contribution >= 4 is 28.4 Å². The second kappa shape index (κ2) is 4.82. The van der Waals surface area contributed by atoms with Gasteiger partial charge in [0.1, 0.15) is 11.6 Å². The van der Waals surface area contributed by atoms with Crippen LogP contribution in [-0.2, 0) is 0 Å². The molecule has 0 aliphatic rings. The molecule has 0 N–H and O–H groups in total. The van der Waals surface area contributed by atoms with Gasteiger partial charge in [-0.05, 0) is 41.6 Å². The standard InChI is InChI=1S/C9H6F3IO2/c1-4(14)6-2-5(10)3-7(13)8(6)15-9(11)12/h2-3,9H,1H3. The van der Waals surface area contributed by atoms with E-state index in [-0.39, 0.29) is 14.9 Å². The normalized spacial score (nSPS) is 10.5. The largest absolute Gasteiger partial charge is 0.433 e. The molecule has 0 amide bonds. The Morgan fingerprint density at radius 1 is 1.47 bits per heavy atom. The van der Waals surface area contributed by atoms with E-state index in [1.54, 1.807) is 22.6 Å². The quantitative estimate of drug-likeness (QED) is 0.628. The summed E-state index contributed by atoms with van der Waals surface area (Å²) in [5.74, 6) is -1.46. The van der Waals surface area contributed by atoms with Crippen molar-refractivity contribution in [1.82, 2.24) is 0 Å². The van der Waals surface area contributed by atoms with Crippen LogP contribution in [0.3, 0.4) is 0 Å². The lowest BCUT2D eigenvalue weighted by molar-refractivity contribution is -0.0507. The first kappa shape index (κ1) is 12.3. The topological polar surface area (TPSA) is 26.3 Å². The third-order valence-electron chi connectivity index (χ3n) is 1.59. The molecule has 0 radical (unpaired) electrons. The minimum Gasteiger partial charge on any atom is -0.433 e. The summed E-state index contributed by atoms with van der Waals surface area (Å²) < 4.78 is 41.2. The van der Waals surface area contributed by atoms with Crippen LogP contribution in [0.2, 0.25) is 0 Å². The maximum absolute atomic E-state index is 12.9. The lowest BCUT2D eigenvalue weighted by Crippen LogP contribution is -2.08. The van der Waals surface area contributed by atoms with Crippen LogP contribution in [0.15, 0.2) is 12.1 Å². The fraction of sp³-hybridized carbons (Fsp3) is 0.222. The fourth-order valence-corrected chi connectivity index (χ4v) is 1.75. The predicted octanol–water partition coefficient (Wildman–Crippen LogP) is 3.23. The Labute approximate surface area is 97.6 Å². The predicted molar refractivity (Wildman–Crippen MR) is 55.8 cm³/mol. The van der Waals surface area contributed by atoms with Gasteiger partial charge in [0.25, 0.3) is 0 Å². The molecule has 0 bridgehead atoms. The van der Waals surface area contributed by atoms with E-state index < -0.39 is 18.2 Å². The molecule has 1 rings (SSSR count). The number of rotatable bonds is 3. The first-order valence-electron chi connectivity index (χ1n) is 3.86. The van der Waals surface area contributed by atoms with Gasteiger partial charge in [-0.1, -0.05) is 0 Å². The van der Waals surface area contributed by atoms with E-state index in [4.69, 9.17) is 0 Å². The van der Waals surface area contributed by atoms with Crippen molar-refractivity contribution in [2.45, 2.75) is 13.5 Å². The second-order valence-corrected chi connectivity index (χ2v) is 3.86. The zero-order chi connectivity index (χ0) is 11.6. The van der Waals surface area contributed by atoms with Gasteiger partial charge in [-0.15, -0.1) is 0 Å². The minimum absolute atomic E-state index is 0.137. The highest BCUT2D eigenvalue weighted by Crippen LogP contribution is 2.28. The van der Waals surface area contributed by atoms with Crippen molar-refractivity contribution in [1.29, 1.82) is 0 Å². The summed E-state index contributed by atoms with van der Waals surface area (Å²) in [4.78, 5) is 11.1. The van der Waals surface area contributed by atoms with E-state index >= 15 is 0 Å². The Kier molecular flexibility index (Phi) is 3.95. The van der Waals surface area contributed by atoms with Crippen LogP contribution in [-0.4, -0.2) is 12.4 Å². The summed E-state index contributed by atoms with van der Waals surface area (Å²) in [7, 11) is 0. The van der Waals surface area contributed by atoms with Crippen LogP contribution in [0.5, 0.6) is 5.75 Å². The van der Waals surface area contributed by atoms with Gasteiger partial charge in [-0.25, -0.2) is 4.39 Å². The number of benzene rings is 1. The molecule has 0 aromatic heterocycles. The number of halogens is 4. The molecule has 0 spiro atoms. The number of ketones is 1. The Balaban J connectivity index is 3.27. The van der Waals surface area contributed by atoms with Gasteiger partial charge in [-0.3, -0.25) is 4.79 Å². The van der Waals surface area contributed by atoms with E-state index in [0.29, 0.717) is 0 Å². The summed E-state index contributed by atoms with van der Waals surface area (Å²) in [6, 6.07) is 1.90. The molecule has 0 saturated carbocycles. The highest BCUT2D eigenvalue weighted by molar-refractivity contribution is 14.1. The molecule has 0 heterocycles. The molecule has 82 valence electrons. The lowest BCUT2D eigenvalue weighted by atomic mass is 10.1. The Morgan fingerprint density at radius 2 is 2.07 bits per heavy atom. The lowest BCUT2D eigenvalue weighted by Gasteiger charge is -2.10. The Bertz CT molecular complexity index is 393. The summed E-state index contributed by atoms with van der Waals surface area (Å²) >= 11 is 1.63. The maximum atomic E-state index is 12.9. The molecule has 6 heteroatoms. The molecule has 0 saturated heterocycles. The van der Waals surface area contributed by atoms with E-state index in [0.717, 1.165) is 19.1 Å². The van der Waals surface area contributed by atoms with Crippen LogP contribution in [0, 0.1) is 9.39 Å². The molecule has 0 aliphatic carbocycles. The minimum atomic E-state index is -3.04.